The van der Waals surface area contributed by atoms with Gasteiger partial charge in [-0.25, -0.2) is 4.79 Å². The minimum Gasteiger partial charge on any atom is -0.309 e. The first-order valence-electron chi connectivity index (χ1n) is 7.33. The number of amides is 4. The number of urea groups is 1. The van der Waals surface area contributed by atoms with Gasteiger partial charge >= 0.3 is 6.03 Å². The third-order valence-electron chi connectivity index (χ3n) is 3.72. The standard InChI is InChI=1S/C13H22N4O4/c1-3-4-7-21-17-10-5-6-11(16(8-10)13(17)20)12(19)15-14-9(2)18/h10-11H,3-8H2,1-2H3,(H,14,18)(H,15,19)/t10?,11-/m0/s1. The first-order chi connectivity index (χ1) is 10.0. The quantitative estimate of drug-likeness (QED) is 0.558. The van der Waals surface area contributed by atoms with Crippen LogP contribution in [0, 0.1) is 0 Å². The molecule has 2 aliphatic heterocycles. The van der Waals surface area contributed by atoms with Gasteiger partial charge in [0.15, 0.2) is 0 Å². The van der Waals surface area contributed by atoms with Crippen LogP contribution in [0.25, 0.3) is 0 Å². The second-order valence-electron chi connectivity index (χ2n) is 5.36. The van der Waals surface area contributed by atoms with E-state index in [0.717, 1.165) is 12.8 Å². The number of unbranched alkanes of at least 4 members (excludes halogenated alkanes) is 1. The lowest BCUT2D eigenvalue weighted by Gasteiger charge is -2.29. The molecule has 2 N–H and O–H groups in total. The van der Waals surface area contributed by atoms with Gasteiger partial charge in [-0.15, -0.1) is 0 Å². The topological polar surface area (TPSA) is 91.0 Å². The number of nitrogens with one attached hydrogen (secondary N) is 2. The van der Waals surface area contributed by atoms with Crippen molar-refractivity contribution in [3.8, 4) is 0 Å². The fourth-order valence-corrected chi connectivity index (χ4v) is 2.61. The highest BCUT2D eigenvalue weighted by Crippen LogP contribution is 2.30. The highest BCUT2D eigenvalue weighted by atomic mass is 16.7. The second-order valence-corrected chi connectivity index (χ2v) is 5.36. The number of piperidine rings is 1. The molecule has 8 heteroatoms. The van der Waals surface area contributed by atoms with Gasteiger partial charge in [-0.1, -0.05) is 13.3 Å². The summed E-state index contributed by atoms with van der Waals surface area (Å²) >= 11 is 0. The number of hydrogen-bond acceptors (Lipinski definition) is 4. The predicted octanol–water partition coefficient (Wildman–Crippen LogP) is 0.154. The highest BCUT2D eigenvalue weighted by molar-refractivity contribution is 5.89. The van der Waals surface area contributed by atoms with Crippen molar-refractivity contribution in [2.24, 2.45) is 0 Å². The molecule has 2 atom stereocenters. The van der Waals surface area contributed by atoms with Crippen LogP contribution in [-0.2, 0) is 14.4 Å². The Morgan fingerprint density at radius 2 is 2.10 bits per heavy atom. The summed E-state index contributed by atoms with van der Waals surface area (Å²) in [6.07, 6.45) is 3.17. The highest BCUT2D eigenvalue weighted by Gasteiger charge is 2.47. The Balaban J connectivity index is 1.93. The molecular formula is C13H22N4O4. The van der Waals surface area contributed by atoms with Gasteiger partial charge in [0.05, 0.1) is 12.6 Å². The second kappa shape index (κ2) is 6.75. The molecule has 2 bridgehead atoms. The van der Waals surface area contributed by atoms with E-state index in [1.54, 1.807) is 0 Å². The van der Waals surface area contributed by atoms with Crippen LogP contribution in [0.4, 0.5) is 4.79 Å². The summed E-state index contributed by atoms with van der Waals surface area (Å²) in [5.74, 6) is -0.721. The Morgan fingerprint density at radius 3 is 2.76 bits per heavy atom. The van der Waals surface area contributed by atoms with E-state index in [1.807, 2.05) is 0 Å². The van der Waals surface area contributed by atoms with E-state index in [2.05, 4.69) is 17.8 Å². The van der Waals surface area contributed by atoms with Crippen LogP contribution in [0.15, 0.2) is 0 Å². The van der Waals surface area contributed by atoms with Crippen molar-refractivity contribution in [2.75, 3.05) is 13.2 Å². The van der Waals surface area contributed by atoms with Crippen LogP contribution in [-0.4, -0.2) is 53.0 Å². The molecule has 2 saturated heterocycles. The van der Waals surface area contributed by atoms with Crippen molar-refractivity contribution < 1.29 is 19.2 Å². The number of hydrogen-bond donors (Lipinski definition) is 2. The molecule has 0 aromatic rings. The van der Waals surface area contributed by atoms with Gasteiger partial charge in [-0.05, 0) is 19.3 Å². The Morgan fingerprint density at radius 1 is 1.33 bits per heavy atom. The van der Waals surface area contributed by atoms with Gasteiger partial charge in [0.25, 0.3) is 5.91 Å². The minimum atomic E-state index is -0.555. The molecule has 1 unspecified atom stereocenters. The Bertz CT molecular complexity index is 428. The molecular weight excluding hydrogens is 276 g/mol. The normalized spacial score (nSPS) is 24.2. The SMILES string of the molecule is CCCCON1C(=O)N2CC1CC[C@H]2C(=O)NNC(C)=O. The first-order valence-corrected chi connectivity index (χ1v) is 7.33. The third-order valence-corrected chi connectivity index (χ3v) is 3.72. The average molecular weight is 298 g/mol. The fourth-order valence-electron chi connectivity index (χ4n) is 2.61. The lowest BCUT2D eigenvalue weighted by atomic mass is 10.0. The van der Waals surface area contributed by atoms with Gasteiger partial charge in [0.2, 0.25) is 5.91 Å². The van der Waals surface area contributed by atoms with Gasteiger partial charge in [-0.3, -0.25) is 25.3 Å². The molecule has 0 radical (unpaired) electrons. The molecule has 2 aliphatic rings. The van der Waals surface area contributed by atoms with E-state index in [9.17, 15) is 14.4 Å². The van der Waals surface area contributed by atoms with Gasteiger partial charge < -0.3 is 4.90 Å². The summed E-state index contributed by atoms with van der Waals surface area (Å²) in [4.78, 5) is 42.2. The fraction of sp³-hybridized carbons (Fsp3) is 0.769. The van der Waals surface area contributed by atoms with Gasteiger partial charge in [-0.2, -0.15) is 5.06 Å². The number of nitrogens with zero attached hydrogens (tertiary/aromatic N) is 2. The maximum atomic E-state index is 12.3. The number of rotatable bonds is 5. The number of carbonyl (C=O) groups is 3. The molecule has 21 heavy (non-hydrogen) atoms. The average Bonchev–Trinajstić information content (AvgIpc) is 2.70. The Hall–Kier alpha value is -1.83. The molecule has 2 fully saturated rings. The monoisotopic (exact) mass is 298 g/mol. The summed E-state index contributed by atoms with van der Waals surface area (Å²) in [7, 11) is 0. The van der Waals surface area contributed by atoms with Crippen molar-refractivity contribution in [3.05, 3.63) is 0 Å². The minimum absolute atomic E-state index is 0.0131. The lowest BCUT2D eigenvalue weighted by molar-refractivity contribution is -0.132. The van der Waals surface area contributed by atoms with Crippen LogP contribution < -0.4 is 10.9 Å². The van der Waals surface area contributed by atoms with E-state index >= 15 is 0 Å². The van der Waals surface area contributed by atoms with Crippen molar-refractivity contribution in [1.29, 1.82) is 0 Å². The zero-order valence-electron chi connectivity index (χ0n) is 12.4. The van der Waals surface area contributed by atoms with E-state index in [1.165, 1.54) is 16.9 Å². The predicted molar refractivity (Wildman–Crippen MR) is 73.6 cm³/mol. The zero-order valence-corrected chi connectivity index (χ0v) is 12.4. The molecule has 0 aromatic heterocycles. The van der Waals surface area contributed by atoms with Crippen LogP contribution in [0.5, 0.6) is 0 Å². The zero-order chi connectivity index (χ0) is 15.4. The van der Waals surface area contributed by atoms with Gasteiger partial charge in [0.1, 0.15) is 6.04 Å². The molecule has 0 aliphatic carbocycles. The van der Waals surface area contributed by atoms with E-state index < -0.39 is 6.04 Å². The van der Waals surface area contributed by atoms with Crippen LogP contribution in [0.1, 0.15) is 39.5 Å². The molecule has 4 amide bonds. The number of hydrazine groups is 1. The summed E-state index contributed by atoms with van der Waals surface area (Å²) < 4.78 is 0. The van der Waals surface area contributed by atoms with E-state index in [-0.39, 0.29) is 23.9 Å². The third kappa shape index (κ3) is 3.44. The van der Waals surface area contributed by atoms with E-state index in [0.29, 0.717) is 26.0 Å². The Kier molecular flexibility index (Phi) is 5.00. The molecule has 2 heterocycles. The molecule has 0 spiro atoms. The molecule has 0 saturated carbocycles. The molecule has 2 rings (SSSR count). The van der Waals surface area contributed by atoms with Crippen molar-refractivity contribution in [2.45, 2.75) is 51.6 Å². The van der Waals surface area contributed by atoms with Crippen molar-refractivity contribution in [3.63, 3.8) is 0 Å². The smallest absolute Gasteiger partial charge is 0.309 e. The Labute approximate surface area is 123 Å². The number of carbonyl (C=O) groups excluding carboxylic acids is 3. The van der Waals surface area contributed by atoms with Crippen LogP contribution in [0.3, 0.4) is 0 Å². The van der Waals surface area contributed by atoms with Gasteiger partial charge in [0, 0.05) is 13.5 Å². The van der Waals surface area contributed by atoms with Crippen LogP contribution in [0.2, 0.25) is 0 Å². The number of hydroxylamine groups is 2. The maximum absolute atomic E-state index is 12.3. The summed E-state index contributed by atoms with van der Waals surface area (Å²) in [6.45, 7) is 4.36. The molecule has 118 valence electrons. The van der Waals surface area contributed by atoms with Crippen LogP contribution >= 0.6 is 0 Å². The van der Waals surface area contributed by atoms with Crippen molar-refractivity contribution >= 4 is 17.8 Å². The molecule has 0 aromatic carbocycles. The summed E-state index contributed by atoms with van der Waals surface area (Å²) in [5, 5.41) is 1.40. The van der Waals surface area contributed by atoms with Crippen molar-refractivity contribution in [1.82, 2.24) is 20.8 Å². The number of fused-ring (bicyclic) bond motifs is 2. The largest absolute Gasteiger partial charge is 0.345 e. The maximum Gasteiger partial charge on any atom is 0.345 e. The summed E-state index contributed by atoms with van der Waals surface area (Å²) in [6, 6.07) is -0.809. The molecule has 8 nitrogen and oxygen atoms in total. The lowest BCUT2D eigenvalue weighted by Crippen LogP contribution is -2.53. The first kappa shape index (κ1) is 15.6. The van der Waals surface area contributed by atoms with E-state index in [4.69, 9.17) is 4.84 Å². The summed E-state index contributed by atoms with van der Waals surface area (Å²) in [5.41, 5.74) is 4.58.